The van der Waals surface area contributed by atoms with Crippen molar-refractivity contribution >= 4 is 5.78 Å². The van der Waals surface area contributed by atoms with Crippen molar-refractivity contribution in [2.75, 3.05) is 21.3 Å². The van der Waals surface area contributed by atoms with Crippen LogP contribution in [0, 0.1) is 0 Å². The molecular formula is C18H20O4. The van der Waals surface area contributed by atoms with Gasteiger partial charge in [0.2, 0.25) is 0 Å². The molecule has 0 heterocycles. The van der Waals surface area contributed by atoms with E-state index in [1.54, 1.807) is 19.2 Å². The second kappa shape index (κ2) is 7.73. The average molecular weight is 300 g/mol. The van der Waals surface area contributed by atoms with E-state index in [0.717, 1.165) is 11.3 Å². The van der Waals surface area contributed by atoms with Crippen molar-refractivity contribution in [2.24, 2.45) is 0 Å². The summed E-state index contributed by atoms with van der Waals surface area (Å²) in [5.74, 6) is 0.156. The molecule has 0 amide bonds. The number of hydrogen-bond donors (Lipinski definition) is 0. The summed E-state index contributed by atoms with van der Waals surface area (Å²) in [5, 5.41) is 0. The maximum Gasteiger partial charge on any atom is 0.175 e. The largest absolute Gasteiger partial charge is 0.497 e. The zero-order valence-electron chi connectivity index (χ0n) is 13.0. The molecule has 2 aromatic carbocycles. The first-order valence-electron chi connectivity index (χ1n) is 7.00. The maximum absolute atomic E-state index is 12.9. The van der Waals surface area contributed by atoms with Gasteiger partial charge in [-0.1, -0.05) is 42.5 Å². The van der Waals surface area contributed by atoms with Gasteiger partial charge in [0, 0.05) is 19.8 Å². The zero-order valence-corrected chi connectivity index (χ0v) is 13.0. The van der Waals surface area contributed by atoms with Crippen LogP contribution in [0.25, 0.3) is 0 Å². The van der Waals surface area contributed by atoms with Crippen molar-refractivity contribution in [2.45, 2.75) is 12.2 Å². The van der Waals surface area contributed by atoms with Crippen LogP contribution in [0.4, 0.5) is 0 Å². The van der Waals surface area contributed by atoms with Crippen LogP contribution in [-0.4, -0.2) is 33.4 Å². The summed E-state index contributed by atoms with van der Waals surface area (Å²) in [6, 6.07) is 16.5. The Labute approximate surface area is 130 Å². The Morgan fingerprint density at radius 3 is 1.95 bits per heavy atom. The van der Waals surface area contributed by atoms with Crippen molar-refractivity contribution in [3.05, 3.63) is 65.7 Å². The summed E-state index contributed by atoms with van der Waals surface area (Å²) >= 11 is 0. The first kappa shape index (κ1) is 16.2. The van der Waals surface area contributed by atoms with Gasteiger partial charge in [-0.15, -0.1) is 0 Å². The maximum atomic E-state index is 12.9. The Hall–Kier alpha value is -2.17. The molecule has 2 aromatic rings. The Balaban J connectivity index is 2.39. The molecule has 0 N–H and O–H groups in total. The molecule has 2 rings (SSSR count). The van der Waals surface area contributed by atoms with E-state index in [1.165, 1.54) is 14.2 Å². The number of rotatable bonds is 7. The molecular weight excluding hydrogens is 280 g/mol. The molecule has 0 aliphatic rings. The monoisotopic (exact) mass is 300 g/mol. The van der Waals surface area contributed by atoms with Crippen molar-refractivity contribution in [3.8, 4) is 5.75 Å². The lowest BCUT2D eigenvalue weighted by Gasteiger charge is -2.24. The van der Waals surface area contributed by atoms with Gasteiger partial charge < -0.3 is 14.2 Å². The summed E-state index contributed by atoms with van der Waals surface area (Å²) in [7, 11) is 4.67. The molecule has 22 heavy (non-hydrogen) atoms. The number of carbonyl (C=O) groups excluding carboxylic acids is 1. The Morgan fingerprint density at radius 1 is 0.864 bits per heavy atom. The summed E-state index contributed by atoms with van der Waals surface area (Å²) in [5.41, 5.74) is 1.45. The van der Waals surface area contributed by atoms with E-state index in [-0.39, 0.29) is 5.78 Å². The van der Waals surface area contributed by atoms with Gasteiger partial charge in [-0.05, 0) is 17.7 Å². The summed E-state index contributed by atoms with van der Waals surface area (Å²) in [4.78, 5) is 12.9. The minimum atomic E-state index is -0.652. The highest BCUT2D eigenvalue weighted by Gasteiger charge is 2.31. The molecule has 0 bridgehead atoms. The Kier molecular flexibility index (Phi) is 5.69. The van der Waals surface area contributed by atoms with E-state index in [2.05, 4.69) is 0 Å². The summed E-state index contributed by atoms with van der Waals surface area (Å²) in [6.45, 7) is 0. The van der Waals surface area contributed by atoms with E-state index in [0.29, 0.717) is 5.56 Å². The fraction of sp³-hybridized carbons (Fsp3) is 0.278. The number of methoxy groups -OCH3 is 3. The van der Waals surface area contributed by atoms with Crippen molar-refractivity contribution in [1.29, 1.82) is 0 Å². The van der Waals surface area contributed by atoms with Crippen LogP contribution < -0.4 is 4.74 Å². The van der Waals surface area contributed by atoms with Crippen LogP contribution in [0.3, 0.4) is 0 Å². The molecule has 0 saturated carbocycles. The van der Waals surface area contributed by atoms with Crippen LogP contribution >= 0.6 is 0 Å². The van der Waals surface area contributed by atoms with Crippen molar-refractivity contribution in [3.63, 3.8) is 0 Å². The number of hydrogen-bond acceptors (Lipinski definition) is 4. The zero-order chi connectivity index (χ0) is 15.9. The number of carbonyl (C=O) groups is 1. The van der Waals surface area contributed by atoms with Crippen LogP contribution in [0.15, 0.2) is 54.6 Å². The fourth-order valence-electron chi connectivity index (χ4n) is 2.39. The predicted molar refractivity (Wildman–Crippen MR) is 84.3 cm³/mol. The molecule has 1 atom stereocenters. The molecule has 0 fully saturated rings. The highest BCUT2D eigenvalue weighted by Crippen LogP contribution is 2.28. The molecule has 1 unspecified atom stereocenters. The molecule has 0 radical (unpaired) electrons. The second-order valence-corrected chi connectivity index (χ2v) is 4.82. The minimum absolute atomic E-state index is 0.0422. The predicted octanol–water partition coefficient (Wildman–Crippen LogP) is 3.28. The van der Waals surface area contributed by atoms with E-state index in [1.807, 2.05) is 42.5 Å². The third kappa shape index (κ3) is 3.53. The lowest BCUT2D eigenvalue weighted by molar-refractivity contribution is -0.110. The lowest BCUT2D eigenvalue weighted by Crippen LogP contribution is -2.29. The van der Waals surface area contributed by atoms with Gasteiger partial charge in [-0.2, -0.15) is 0 Å². The van der Waals surface area contributed by atoms with Crippen LogP contribution in [-0.2, 0) is 9.47 Å². The molecule has 4 nitrogen and oxygen atoms in total. The fourth-order valence-corrected chi connectivity index (χ4v) is 2.39. The van der Waals surface area contributed by atoms with Gasteiger partial charge >= 0.3 is 0 Å². The van der Waals surface area contributed by atoms with Gasteiger partial charge in [0.1, 0.15) is 5.75 Å². The average Bonchev–Trinajstić information content (AvgIpc) is 2.60. The topological polar surface area (TPSA) is 44.8 Å². The Bertz CT molecular complexity index is 588. The van der Waals surface area contributed by atoms with Gasteiger partial charge in [0.15, 0.2) is 12.1 Å². The summed E-state index contributed by atoms with van der Waals surface area (Å²) in [6.07, 6.45) is -0.652. The van der Waals surface area contributed by atoms with Gasteiger partial charge in [-0.25, -0.2) is 0 Å². The molecule has 0 aliphatic heterocycles. The first-order chi connectivity index (χ1) is 10.7. The van der Waals surface area contributed by atoms with E-state index in [4.69, 9.17) is 14.2 Å². The van der Waals surface area contributed by atoms with E-state index in [9.17, 15) is 4.79 Å². The Morgan fingerprint density at radius 2 is 1.45 bits per heavy atom. The highest BCUT2D eigenvalue weighted by atomic mass is 16.7. The standard InChI is InChI=1S/C18H20O4/c1-20-15-11-9-13(10-12-15)16(18(21-2)22-3)17(19)14-7-5-4-6-8-14/h4-12,16,18H,1-3H3. The molecule has 4 heteroatoms. The van der Waals surface area contributed by atoms with Gasteiger partial charge in [0.25, 0.3) is 0 Å². The van der Waals surface area contributed by atoms with E-state index < -0.39 is 12.2 Å². The molecule has 0 spiro atoms. The summed E-state index contributed by atoms with van der Waals surface area (Å²) < 4.78 is 15.8. The van der Waals surface area contributed by atoms with Crippen LogP contribution in [0.1, 0.15) is 21.8 Å². The van der Waals surface area contributed by atoms with E-state index >= 15 is 0 Å². The third-order valence-corrected chi connectivity index (χ3v) is 3.55. The number of Topliss-reactive ketones (excluding diaryl/α,β-unsaturated/α-hetero) is 1. The SMILES string of the molecule is COc1ccc(C(C(=O)c2ccccc2)C(OC)OC)cc1. The normalized spacial score (nSPS) is 12.2. The number of benzene rings is 2. The van der Waals surface area contributed by atoms with Crippen molar-refractivity contribution in [1.82, 2.24) is 0 Å². The quantitative estimate of drug-likeness (QED) is 0.581. The molecule has 116 valence electrons. The lowest BCUT2D eigenvalue weighted by atomic mass is 9.90. The second-order valence-electron chi connectivity index (χ2n) is 4.82. The third-order valence-electron chi connectivity index (χ3n) is 3.55. The van der Waals surface area contributed by atoms with Crippen molar-refractivity contribution < 1.29 is 19.0 Å². The van der Waals surface area contributed by atoms with Crippen LogP contribution in [0.5, 0.6) is 5.75 Å². The first-order valence-corrected chi connectivity index (χ1v) is 7.00. The highest BCUT2D eigenvalue weighted by molar-refractivity contribution is 6.01. The smallest absolute Gasteiger partial charge is 0.175 e. The van der Waals surface area contributed by atoms with Crippen LogP contribution in [0.2, 0.25) is 0 Å². The molecule has 0 aliphatic carbocycles. The number of ether oxygens (including phenoxy) is 3. The molecule has 0 saturated heterocycles. The number of ketones is 1. The van der Waals surface area contributed by atoms with Gasteiger partial charge in [-0.3, -0.25) is 4.79 Å². The minimum Gasteiger partial charge on any atom is -0.497 e. The molecule has 0 aromatic heterocycles. The van der Waals surface area contributed by atoms with Gasteiger partial charge in [0.05, 0.1) is 13.0 Å².